The van der Waals surface area contributed by atoms with Crippen LogP contribution in [0.25, 0.3) is 0 Å². The first-order chi connectivity index (χ1) is 7.83. The van der Waals surface area contributed by atoms with E-state index in [2.05, 4.69) is 14.9 Å². The number of hydrogen-bond acceptors (Lipinski definition) is 2. The summed E-state index contributed by atoms with van der Waals surface area (Å²) in [4.78, 5) is 4.31. The van der Waals surface area contributed by atoms with Gasteiger partial charge >= 0.3 is 0 Å². The topological polar surface area (TPSA) is 29.9 Å². The third kappa shape index (κ3) is 1.91. The van der Waals surface area contributed by atoms with Crippen LogP contribution in [0.3, 0.4) is 0 Å². The van der Waals surface area contributed by atoms with Crippen LogP contribution in [0.15, 0.2) is 36.7 Å². The number of anilines is 2. The Morgan fingerprint density at radius 1 is 1.38 bits per heavy atom. The molecule has 0 radical (unpaired) electrons. The molecule has 1 N–H and O–H groups in total. The number of rotatable bonds is 3. The summed E-state index contributed by atoms with van der Waals surface area (Å²) >= 11 is 5.93. The number of imidazole rings is 1. The monoisotopic (exact) mass is 233 g/mol. The second-order valence-corrected chi connectivity index (χ2v) is 4.46. The summed E-state index contributed by atoms with van der Waals surface area (Å²) in [7, 11) is 0. The molecule has 1 saturated carbocycles. The third-order valence-electron chi connectivity index (χ3n) is 2.69. The zero-order chi connectivity index (χ0) is 11.0. The fraction of sp³-hybridized carbons (Fsp3) is 0.250. The number of nitrogens with one attached hydrogen (secondary N) is 1. The minimum absolute atomic E-state index is 0.629. The van der Waals surface area contributed by atoms with Gasteiger partial charge < -0.3 is 9.88 Å². The van der Waals surface area contributed by atoms with Crippen LogP contribution in [0.1, 0.15) is 18.9 Å². The van der Waals surface area contributed by atoms with Crippen LogP contribution in [0, 0.1) is 0 Å². The Bertz CT molecular complexity index is 502. The second-order valence-electron chi connectivity index (χ2n) is 4.02. The highest BCUT2D eigenvalue weighted by atomic mass is 35.5. The number of benzene rings is 1. The van der Waals surface area contributed by atoms with Crippen molar-refractivity contribution < 1.29 is 0 Å². The van der Waals surface area contributed by atoms with Crippen LogP contribution in [-0.4, -0.2) is 9.55 Å². The Kier molecular flexibility index (Phi) is 2.33. The fourth-order valence-corrected chi connectivity index (χ4v) is 1.94. The molecule has 0 aliphatic heterocycles. The van der Waals surface area contributed by atoms with E-state index >= 15 is 0 Å². The van der Waals surface area contributed by atoms with Crippen molar-refractivity contribution in [1.29, 1.82) is 0 Å². The third-order valence-corrected chi connectivity index (χ3v) is 2.92. The van der Waals surface area contributed by atoms with Crippen molar-refractivity contribution in [2.24, 2.45) is 0 Å². The molecular formula is C12H12ClN3. The Balaban J connectivity index is 1.85. The first-order valence-corrected chi connectivity index (χ1v) is 5.76. The van der Waals surface area contributed by atoms with E-state index in [0.717, 1.165) is 16.7 Å². The van der Waals surface area contributed by atoms with E-state index in [1.807, 2.05) is 36.7 Å². The average molecular weight is 234 g/mol. The van der Waals surface area contributed by atoms with Crippen molar-refractivity contribution in [3.63, 3.8) is 0 Å². The lowest BCUT2D eigenvalue weighted by molar-refractivity contribution is 0.751. The van der Waals surface area contributed by atoms with E-state index < -0.39 is 0 Å². The predicted molar refractivity (Wildman–Crippen MR) is 65.2 cm³/mol. The van der Waals surface area contributed by atoms with Gasteiger partial charge in [0.2, 0.25) is 5.95 Å². The highest BCUT2D eigenvalue weighted by Gasteiger charge is 2.25. The van der Waals surface area contributed by atoms with E-state index in [4.69, 9.17) is 11.6 Å². The molecule has 16 heavy (non-hydrogen) atoms. The SMILES string of the molecule is Clc1cccc(Nc2nccn2C2CC2)c1. The highest BCUT2D eigenvalue weighted by molar-refractivity contribution is 6.30. The van der Waals surface area contributed by atoms with Crippen LogP contribution in [0.4, 0.5) is 11.6 Å². The molecule has 0 unspecified atom stereocenters. The van der Waals surface area contributed by atoms with Crippen LogP contribution in [-0.2, 0) is 0 Å². The lowest BCUT2D eigenvalue weighted by Crippen LogP contribution is -2.00. The van der Waals surface area contributed by atoms with Crippen LogP contribution in [0.5, 0.6) is 0 Å². The van der Waals surface area contributed by atoms with Crippen molar-refractivity contribution in [3.8, 4) is 0 Å². The summed E-state index contributed by atoms with van der Waals surface area (Å²) in [6, 6.07) is 8.30. The Labute approximate surface area is 99.1 Å². The molecule has 1 aromatic heterocycles. The molecule has 3 nitrogen and oxygen atoms in total. The minimum Gasteiger partial charge on any atom is -0.326 e. The van der Waals surface area contributed by atoms with Crippen molar-refractivity contribution >= 4 is 23.2 Å². The van der Waals surface area contributed by atoms with Crippen LogP contribution in [0.2, 0.25) is 5.02 Å². The first-order valence-electron chi connectivity index (χ1n) is 5.38. The molecule has 0 spiro atoms. The number of nitrogens with zero attached hydrogens (tertiary/aromatic N) is 2. The standard InChI is InChI=1S/C12H12ClN3/c13-9-2-1-3-10(8-9)15-12-14-6-7-16(12)11-4-5-11/h1-3,6-8,11H,4-5H2,(H,14,15). The van der Waals surface area contributed by atoms with Gasteiger partial charge in [0.1, 0.15) is 0 Å². The summed E-state index contributed by atoms with van der Waals surface area (Å²) in [5.74, 6) is 0.893. The summed E-state index contributed by atoms with van der Waals surface area (Å²) in [5, 5.41) is 4.01. The molecule has 1 aliphatic carbocycles. The van der Waals surface area contributed by atoms with Gasteiger partial charge in [-0.15, -0.1) is 0 Å². The number of hydrogen-bond donors (Lipinski definition) is 1. The van der Waals surface area contributed by atoms with Gasteiger partial charge in [-0.25, -0.2) is 4.98 Å². The van der Waals surface area contributed by atoms with Gasteiger partial charge in [0.15, 0.2) is 0 Å². The smallest absolute Gasteiger partial charge is 0.207 e. The Hall–Kier alpha value is -1.48. The van der Waals surface area contributed by atoms with Gasteiger partial charge in [0.25, 0.3) is 0 Å². The van der Waals surface area contributed by atoms with Gasteiger partial charge in [0, 0.05) is 29.1 Å². The van der Waals surface area contributed by atoms with Gasteiger partial charge in [0.05, 0.1) is 0 Å². The highest BCUT2D eigenvalue weighted by Crippen LogP contribution is 2.37. The molecule has 0 amide bonds. The van der Waals surface area contributed by atoms with Crippen molar-refractivity contribution in [2.75, 3.05) is 5.32 Å². The van der Waals surface area contributed by atoms with Crippen molar-refractivity contribution in [3.05, 3.63) is 41.7 Å². The van der Waals surface area contributed by atoms with Crippen molar-refractivity contribution in [2.45, 2.75) is 18.9 Å². The van der Waals surface area contributed by atoms with Gasteiger partial charge in [-0.2, -0.15) is 0 Å². The van der Waals surface area contributed by atoms with Crippen molar-refractivity contribution in [1.82, 2.24) is 9.55 Å². The molecule has 1 aromatic carbocycles. The maximum Gasteiger partial charge on any atom is 0.207 e. The zero-order valence-electron chi connectivity index (χ0n) is 8.73. The molecule has 2 aromatic rings. The quantitative estimate of drug-likeness (QED) is 0.878. The largest absolute Gasteiger partial charge is 0.326 e. The average Bonchev–Trinajstić information content (AvgIpc) is 3.00. The minimum atomic E-state index is 0.629. The lowest BCUT2D eigenvalue weighted by atomic mass is 10.3. The molecule has 1 aliphatic rings. The molecule has 1 heterocycles. The maximum absolute atomic E-state index is 5.93. The summed E-state index contributed by atoms with van der Waals surface area (Å²) in [6.07, 6.45) is 6.34. The summed E-state index contributed by atoms with van der Waals surface area (Å²) < 4.78 is 2.18. The number of halogens is 1. The summed E-state index contributed by atoms with van der Waals surface area (Å²) in [5.41, 5.74) is 0.973. The molecule has 4 heteroatoms. The first kappa shape index (κ1) is 9.73. The van der Waals surface area contributed by atoms with E-state index in [9.17, 15) is 0 Å². The second kappa shape index (κ2) is 3.83. The van der Waals surface area contributed by atoms with Gasteiger partial charge in [-0.05, 0) is 31.0 Å². The van der Waals surface area contributed by atoms with E-state index in [-0.39, 0.29) is 0 Å². The summed E-state index contributed by atoms with van der Waals surface area (Å²) in [6.45, 7) is 0. The molecule has 0 saturated heterocycles. The zero-order valence-corrected chi connectivity index (χ0v) is 9.48. The molecule has 82 valence electrons. The van der Waals surface area contributed by atoms with Gasteiger partial charge in [-0.3, -0.25) is 0 Å². The number of aromatic nitrogens is 2. The van der Waals surface area contributed by atoms with Crippen LogP contribution < -0.4 is 5.32 Å². The van der Waals surface area contributed by atoms with E-state index in [0.29, 0.717) is 6.04 Å². The predicted octanol–water partition coefficient (Wildman–Crippen LogP) is 3.62. The fourth-order valence-electron chi connectivity index (χ4n) is 1.75. The van der Waals surface area contributed by atoms with Crippen LogP contribution >= 0.6 is 11.6 Å². The maximum atomic E-state index is 5.93. The molecular weight excluding hydrogens is 222 g/mol. The van der Waals surface area contributed by atoms with Gasteiger partial charge in [-0.1, -0.05) is 17.7 Å². The molecule has 1 fully saturated rings. The van der Waals surface area contributed by atoms with E-state index in [1.165, 1.54) is 12.8 Å². The lowest BCUT2D eigenvalue weighted by Gasteiger charge is -2.08. The molecule has 3 rings (SSSR count). The molecule has 0 bridgehead atoms. The Morgan fingerprint density at radius 3 is 3.00 bits per heavy atom. The normalized spacial score (nSPS) is 15.1. The Morgan fingerprint density at radius 2 is 2.25 bits per heavy atom. The molecule has 0 atom stereocenters. The van der Waals surface area contributed by atoms with E-state index in [1.54, 1.807) is 0 Å².